The summed E-state index contributed by atoms with van der Waals surface area (Å²) in [7, 11) is 1.43. The second-order valence-electron chi connectivity index (χ2n) is 3.53. The fourth-order valence-corrected chi connectivity index (χ4v) is 1.47. The molecule has 9 nitrogen and oxygen atoms in total. The molecule has 17 heavy (non-hydrogen) atoms. The molecule has 0 unspecified atom stereocenters. The van der Waals surface area contributed by atoms with E-state index in [0.717, 1.165) is 5.06 Å². The van der Waals surface area contributed by atoms with Crippen LogP contribution >= 0.6 is 0 Å². The van der Waals surface area contributed by atoms with Gasteiger partial charge >= 0.3 is 0 Å². The lowest BCUT2D eigenvalue weighted by Gasteiger charge is -2.27. The Bertz CT molecular complexity index is 380. The van der Waals surface area contributed by atoms with Gasteiger partial charge in [-0.2, -0.15) is 15.0 Å². The van der Waals surface area contributed by atoms with Gasteiger partial charge in [0, 0.05) is 20.1 Å². The van der Waals surface area contributed by atoms with Gasteiger partial charge in [-0.15, -0.1) is 0 Å². The highest BCUT2D eigenvalue weighted by Gasteiger charge is 2.17. The summed E-state index contributed by atoms with van der Waals surface area (Å²) in [5, 5.41) is 10.1. The standard InChI is InChI=1S/C8H15N7O2/c1-14(16)7-10-6(13-9)11-8(12-7)15-2-4-17-5-3-15/h16H,2-5,9H2,1H3,(H,10,11,12,13). The highest BCUT2D eigenvalue weighted by Crippen LogP contribution is 2.15. The molecule has 0 bridgehead atoms. The van der Waals surface area contributed by atoms with Gasteiger partial charge in [-0.1, -0.05) is 0 Å². The zero-order valence-corrected chi connectivity index (χ0v) is 9.50. The molecule has 0 radical (unpaired) electrons. The summed E-state index contributed by atoms with van der Waals surface area (Å²) in [5.74, 6) is 6.08. The summed E-state index contributed by atoms with van der Waals surface area (Å²) in [4.78, 5) is 14.1. The van der Waals surface area contributed by atoms with Crippen LogP contribution in [0.15, 0.2) is 0 Å². The predicted molar refractivity (Wildman–Crippen MR) is 60.9 cm³/mol. The Labute approximate surface area is 98.2 Å². The third-order valence-electron chi connectivity index (χ3n) is 2.32. The molecule has 1 aromatic rings. The molecule has 1 saturated heterocycles. The highest BCUT2D eigenvalue weighted by molar-refractivity contribution is 5.43. The summed E-state index contributed by atoms with van der Waals surface area (Å²) in [6.45, 7) is 2.65. The van der Waals surface area contributed by atoms with Crippen LogP contribution in [0.25, 0.3) is 0 Å². The number of aromatic nitrogens is 3. The number of hydrogen-bond donors (Lipinski definition) is 3. The minimum atomic E-state index is 0.134. The quantitative estimate of drug-likeness (QED) is 0.444. The third-order valence-corrected chi connectivity index (χ3v) is 2.32. The third kappa shape index (κ3) is 2.70. The lowest BCUT2D eigenvalue weighted by atomic mass is 10.4. The van der Waals surface area contributed by atoms with Crippen LogP contribution in [0.2, 0.25) is 0 Å². The average molecular weight is 241 g/mol. The van der Waals surface area contributed by atoms with Gasteiger partial charge in [-0.05, 0) is 0 Å². The van der Waals surface area contributed by atoms with E-state index in [4.69, 9.17) is 10.6 Å². The molecule has 1 aliphatic rings. The van der Waals surface area contributed by atoms with Crippen LogP contribution in [-0.2, 0) is 4.74 Å². The second kappa shape index (κ2) is 5.08. The van der Waals surface area contributed by atoms with E-state index in [9.17, 15) is 5.21 Å². The van der Waals surface area contributed by atoms with Crippen molar-refractivity contribution < 1.29 is 9.94 Å². The number of nitrogen functional groups attached to an aromatic ring is 1. The number of hydroxylamine groups is 1. The van der Waals surface area contributed by atoms with Crippen molar-refractivity contribution in [3.63, 3.8) is 0 Å². The number of nitrogens with one attached hydrogen (secondary N) is 1. The van der Waals surface area contributed by atoms with E-state index in [1.165, 1.54) is 7.05 Å². The van der Waals surface area contributed by atoms with Crippen molar-refractivity contribution in [2.45, 2.75) is 0 Å². The first kappa shape index (κ1) is 11.8. The van der Waals surface area contributed by atoms with E-state index in [0.29, 0.717) is 32.3 Å². The Balaban J connectivity index is 2.28. The maximum Gasteiger partial charge on any atom is 0.255 e. The van der Waals surface area contributed by atoms with Crippen LogP contribution < -0.4 is 21.2 Å². The number of nitrogens with zero attached hydrogens (tertiary/aromatic N) is 5. The van der Waals surface area contributed by atoms with Gasteiger partial charge in [0.25, 0.3) is 5.95 Å². The Hall–Kier alpha value is -1.71. The molecule has 2 rings (SSSR count). The van der Waals surface area contributed by atoms with Gasteiger partial charge in [0.1, 0.15) is 0 Å². The van der Waals surface area contributed by atoms with E-state index in [1.807, 2.05) is 4.90 Å². The zero-order chi connectivity index (χ0) is 12.3. The molecule has 9 heteroatoms. The Morgan fingerprint density at radius 1 is 1.35 bits per heavy atom. The van der Waals surface area contributed by atoms with Gasteiger partial charge in [0.15, 0.2) is 0 Å². The van der Waals surface area contributed by atoms with Crippen LogP contribution in [0.1, 0.15) is 0 Å². The molecule has 4 N–H and O–H groups in total. The van der Waals surface area contributed by atoms with Crippen molar-refractivity contribution in [2.24, 2.45) is 5.84 Å². The largest absolute Gasteiger partial charge is 0.378 e. The fourth-order valence-electron chi connectivity index (χ4n) is 1.47. The molecule has 1 aromatic heterocycles. The lowest BCUT2D eigenvalue weighted by Crippen LogP contribution is -2.38. The van der Waals surface area contributed by atoms with Gasteiger partial charge < -0.3 is 9.64 Å². The molecule has 0 aliphatic carbocycles. The van der Waals surface area contributed by atoms with E-state index in [2.05, 4.69) is 20.4 Å². The molecule has 2 heterocycles. The Morgan fingerprint density at radius 2 is 2.06 bits per heavy atom. The number of hydrazine groups is 1. The molecule has 0 amide bonds. The summed E-state index contributed by atoms with van der Waals surface area (Å²) in [5.41, 5.74) is 2.34. The Morgan fingerprint density at radius 3 is 2.65 bits per heavy atom. The molecule has 0 spiro atoms. The monoisotopic (exact) mass is 241 g/mol. The molecule has 0 saturated carbocycles. The van der Waals surface area contributed by atoms with Crippen molar-refractivity contribution in [2.75, 3.05) is 48.7 Å². The molecular formula is C8H15N7O2. The second-order valence-corrected chi connectivity index (χ2v) is 3.53. The van der Waals surface area contributed by atoms with Crippen molar-refractivity contribution in [1.82, 2.24) is 15.0 Å². The van der Waals surface area contributed by atoms with Crippen LogP contribution in [0, 0.1) is 0 Å². The van der Waals surface area contributed by atoms with E-state index < -0.39 is 0 Å². The molecule has 0 aromatic carbocycles. The molecule has 94 valence electrons. The topological polar surface area (TPSA) is 113 Å². The first-order chi connectivity index (χ1) is 8.20. The number of hydrogen-bond acceptors (Lipinski definition) is 9. The molecular weight excluding hydrogens is 226 g/mol. The maximum absolute atomic E-state index is 9.34. The zero-order valence-electron chi connectivity index (χ0n) is 9.50. The van der Waals surface area contributed by atoms with E-state index in [1.54, 1.807) is 0 Å². The number of nitrogens with two attached hydrogens (primary N) is 1. The normalized spacial score (nSPS) is 15.8. The summed E-state index contributed by atoms with van der Waals surface area (Å²) in [6.07, 6.45) is 0. The van der Waals surface area contributed by atoms with Crippen molar-refractivity contribution in [3.05, 3.63) is 0 Å². The number of morpholine rings is 1. The minimum Gasteiger partial charge on any atom is -0.378 e. The maximum atomic E-state index is 9.34. The van der Waals surface area contributed by atoms with Crippen LogP contribution in [-0.4, -0.2) is 53.5 Å². The van der Waals surface area contributed by atoms with Crippen LogP contribution in [0.3, 0.4) is 0 Å². The number of anilines is 3. The van der Waals surface area contributed by atoms with Crippen molar-refractivity contribution in [1.29, 1.82) is 0 Å². The highest BCUT2D eigenvalue weighted by atomic mass is 16.5. The summed E-state index contributed by atoms with van der Waals surface area (Å²) < 4.78 is 5.24. The van der Waals surface area contributed by atoms with Gasteiger partial charge in [0.2, 0.25) is 11.9 Å². The number of rotatable bonds is 3. The molecule has 1 aliphatic heterocycles. The van der Waals surface area contributed by atoms with Crippen molar-refractivity contribution in [3.8, 4) is 0 Å². The van der Waals surface area contributed by atoms with E-state index in [-0.39, 0.29) is 11.9 Å². The first-order valence-corrected chi connectivity index (χ1v) is 5.18. The average Bonchev–Trinajstić information content (AvgIpc) is 2.39. The minimum absolute atomic E-state index is 0.134. The lowest BCUT2D eigenvalue weighted by molar-refractivity contribution is 0.122. The van der Waals surface area contributed by atoms with Crippen LogP contribution in [0.5, 0.6) is 0 Å². The van der Waals surface area contributed by atoms with Gasteiger partial charge in [-0.25, -0.2) is 10.9 Å². The summed E-state index contributed by atoms with van der Waals surface area (Å²) in [6, 6.07) is 0. The molecule has 1 fully saturated rings. The van der Waals surface area contributed by atoms with Gasteiger partial charge in [0.05, 0.1) is 13.2 Å². The van der Waals surface area contributed by atoms with Gasteiger partial charge in [-0.3, -0.25) is 10.6 Å². The Kier molecular flexibility index (Phi) is 3.52. The predicted octanol–water partition coefficient (Wildman–Crippen LogP) is -1.18. The van der Waals surface area contributed by atoms with E-state index >= 15 is 0 Å². The molecule has 0 atom stereocenters. The fraction of sp³-hybridized carbons (Fsp3) is 0.625. The van der Waals surface area contributed by atoms with Crippen LogP contribution in [0.4, 0.5) is 17.8 Å². The SMILES string of the molecule is CN(O)c1nc(NN)nc(N2CCOCC2)n1. The smallest absolute Gasteiger partial charge is 0.255 e. The first-order valence-electron chi connectivity index (χ1n) is 5.18. The van der Waals surface area contributed by atoms with Crippen molar-refractivity contribution >= 4 is 17.8 Å². The summed E-state index contributed by atoms with van der Waals surface area (Å²) >= 11 is 0. The number of ether oxygens (including phenoxy) is 1.